The van der Waals surface area contributed by atoms with Gasteiger partial charge in [-0.2, -0.15) is 11.8 Å². The molecule has 0 aliphatic carbocycles. The van der Waals surface area contributed by atoms with Gasteiger partial charge in [-0.3, -0.25) is 0 Å². The summed E-state index contributed by atoms with van der Waals surface area (Å²) in [5.41, 5.74) is 1.80. The lowest BCUT2D eigenvalue weighted by Gasteiger charge is -2.06. The van der Waals surface area contributed by atoms with Crippen LogP contribution in [0.1, 0.15) is 23.1 Å². The number of rotatable bonds is 5. The third-order valence-corrected chi connectivity index (χ3v) is 3.51. The van der Waals surface area contributed by atoms with E-state index in [4.69, 9.17) is 0 Å². The van der Waals surface area contributed by atoms with Gasteiger partial charge in [0.05, 0.1) is 11.1 Å². The molecule has 0 bridgehead atoms. The number of carbonyl (C=O) groups is 1. The predicted molar refractivity (Wildman–Crippen MR) is 74.5 cm³/mol. The van der Waals surface area contributed by atoms with Gasteiger partial charge in [-0.25, -0.2) is 9.78 Å². The first-order chi connectivity index (χ1) is 8.69. The second kappa shape index (κ2) is 5.44. The van der Waals surface area contributed by atoms with Crippen LogP contribution in [0.3, 0.4) is 0 Å². The van der Waals surface area contributed by atoms with Crippen LogP contribution < -0.4 is 0 Å². The van der Waals surface area contributed by atoms with E-state index in [1.165, 1.54) is 0 Å². The summed E-state index contributed by atoms with van der Waals surface area (Å²) in [6, 6.07) is 5.33. The Morgan fingerprint density at radius 1 is 1.50 bits per heavy atom. The molecule has 0 fully saturated rings. The predicted octanol–water partition coefficient (Wildman–Crippen LogP) is 2.66. The zero-order valence-electron chi connectivity index (χ0n) is 10.5. The maximum atomic E-state index is 11.2. The first-order valence-corrected chi connectivity index (χ1v) is 7.28. The maximum absolute atomic E-state index is 11.2. The van der Waals surface area contributed by atoms with Crippen LogP contribution in [0.2, 0.25) is 0 Å². The lowest BCUT2D eigenvalue weighted by atomic mass is 10.2. The van der Waals surface area contributed by atoms with Crippen molar-refractivity contribution in [3.63, 3.8) is 0 Å². The van der Waals surface area contributed by atoms with Gasteiger partial charge in [0, 0.05) is 18.7 Å². The third kappa shape index (κ3) is 2.22. The molecule has 18 heavy (non-hydrogen) atoms. The topological polar surface area (TPSA) is 55.1 Å². The highest BCUT2D eigenvalue weighted by molar-refractivity contribution is 7.98. The van der Waals surface area contributed by atoms with Crippen molar-refractivity contribution in [2.75, 3.05) is 12.0 Å². The molecule has 0 spiro atoms. The lowest BCUT2D eigenvalue weighted by Crippen LogP contribution is -2.04. The Morgan fingerprint density at radius 3 is 2.89 bits per heavy atom. The normalized spacial score (nSPS) is 11.0. The standard InChI is InChI=1S/C13H16N2O2S/c1-3-11-14-12-9(13(16)17)5-4-6-10(12)15(11)7-8-18-2/h4-6H,3,7-8H2,1-2H3,(H,16,17). The van der Waals surface area contributed by atoms with Crippen LogP contribution in [0, 0.1) is 0 Å². The van der Waals surface area contributed by atoms with Crippen LogP contribution in [0.15, 0.2) is 18.2 Å². The molecule has 1 N–H and O–H groups in total. The minimum absolute atomic E-state index is 0.283. The quantitative estimate of drug-likeness (QED) is 0.902. The monoisotopic (exact) mass is 264 g/mol. The van der Waals surface area contributed by atoms with Crippen LogP contribution in [0.5, 0.6) is 0 Å². The van der Waals surface area contributed by atoms with E-state index in [1.807, 2.05) is 13.0 Å². The molecule has 5 heteroatoms. The molecule has 0 aliphatic rings. The van der Waals surface area contributed by atoms with Gasteiger partial charge in [0.15, 0.2) is 0 Å². The van der Waals surface area contributed by atoms with E-state index in [-0.39, 0.29) is 5.56 Å². The Morgan fingerprint density at radius 2 is 2.28 bits per heavy atom. The van der Waals surface area contributed by atoms with E-state index in [1.54, 1.807) is 23.9 Å². The number of para-hydroxylation sites is 1. The molecule has 0 saturated heterocycles. The van der Waals surface area contributed by atoms with Crippen LogP contribution in [-0.2, 0) is 13.0 Å². The number of fused-ring (bicyclic) bond motifs is 1. The highest BCUT2D eigenvalue weighted by Gasteiger charge is 2.15. The molecule has 0 aliphatic heterocycles. The summed E-state index contributed by atoms with van der Waals surface area (Å²) >= 11 is 1.77. The van der Waals surface area contributed by atoms with Crippen molar-refractivity contribution >= 4 is 28.8 Å². The number of aromatic nitrogens is 2. The second-order valence-corrected chi connectivity index (χ2v) is 4.99. The number of aromatic carboxylic acids is 1. The van der Waals surface area contributed by atoms with Crippen LogP contribution in [-0.4, -0.2) is 32.6 Å². The van der Waals surface area contributed by atoms with Crippen LogP contribution in [0.25, 0.3) is 11.0 Å². The number of hydrogen-bond acceptors (Lipinski definition) is 3. The van der Waals surface area contributed by atoms with E-state index >= 15 is 0 Å². The molecule has 1 aromatic heterocycles. The van der Waals surface area contributed by atoms with E-state index in [2.05, 4.69) is 15.8 Å². The van der Waals surface area contributed by atoms with Gasteiger partial charge in [0.25, 0.3) is 0 Å². The van der Waals surface area contributed by atoms with Crippen molar-refractivity contribution in [1.29, 1.82) is 0 Å². The average molecular weight is 264 g/mol. The zero-order valence-corrected chi connectivity index (χ0v) is 11.3. The first-order valence-electron chi connectivity index (χ1n) is 5.89. The largest absolute Gasteiger partial charge is 0.478 e. The van der Waals surface area contributed by atoms with E-state index in [9.17, 15) is 9.90 Å². The summed E-state index contributed by atoms with van der Waals surface area (Å²) in [6.45, 7) is 2.90. The smallest absolute Gasteiger partial charge is 0.337 e. The van der Waals surface area contributed by atoms with Crippen molar-refractivity contribution in [1.82, 2.24) is 9.55 Å². The van der Waals surface area contributed by atoms with Crippen molar-refractivity contribution in [3.05, 3.63) is 29.6 Å². The summed E-state index contributed by atoms with van der Waals surface area (Å²) in [4.78, 5) is 15.7. The van der Waals surface area contributed by atoms with E-state index in [0.29, 0.717) is 5.52 Å². The van der Waals surface area contributed by atoms with Gasteiger partial charge < -0.3 is 9.67 Å². The Labute approximate surface area is 110 Å². The van der Waals surface area contributed by atoms with Gasteiger partial charge in [-0.05, 0) is 18.4 Å². The SMILES string of the molecule is CCc1nc2c(C(=O)O)cccc2n1CCSC. The minimum Gasteiger partial charge on any atom is -0.478 e. The maximum Gasteiger partial charge on any atom is 0.337 e. The van der Waals surface area contributed by atoms with E-state index in [0.717, 1.165) is 30.1 Å². The number of thioether (sulfide) groups is 1. The Kier molecular flexibility index (Phi) is 3.91. The molecule has 96 valence electrons. The number of carboxylic acid groups (broad SMARTS) is 1. The summed E-state index contributed by atoms with van der Waals surface area (Å²) in [5.74, 6) is 1.03. The molecule has 1 heterocycles. The Bertz CT molecular complexity index is 578. The fraction of sp³-hybridized carbons (Fsp3) is 0.385. The Balaban J connectivity index is 2.61. The number of imidazole rings is 1. The lowest BCUT2D eigenvalue weighted by molar-refractivity contribution is 0.0699. The van der Waals surface area contributed by atoms with Crippen molar-refractivity contribution in [2.45, 2.75) is 19.9 Å². The van der Waals surface area contributed by atoms with E-state index < -0.39 is 5.97 Å². The van der Waals surface area contributed by atoms with Crippen molar-refractivity contribution < 1.29 is 9.90 Å². The number of aryl methyl sites for hydroxylation is 2. The third-order valence-electron chi connectivity index (χ3n) is 2.92. The number of benzene rings is 1. The zero-order chi connectivity index (χ0) is 13.1. The van der Waals surface area contributed by atoms with Gasteiger partial charge in [-0.15, -0.1) is 0 Å². The highest BCUT2D eigenvalue weighted by atomic mass is 32.2. The molecule has 2 aromatic rings. The molecular formula is C13H16N2O2S. The van der Waals surface area contributed by atoms with Crippen LogP contribution >= 0.6 is 11.8 Å². The van der Waals surface area contributed by atoms with Crippen molar-refractivity contribution in [2.24, 2.45) is 0 Å². The Hall–Kier alpha value is -1.49. The molecule has 0 amide bonds. The first kappa shape index (κ1) is 13.0. The molecule has 4 nitrogen and oxygen atoms in total. The molecular weight excluding hydrogens is 248 g/mol. The van der Waals surface area contributed by atoms with Gasteiger partial charge in [-0.1, -0.05) is 13.0 Å². The van der Waals surface area contributed by atoms with Crippen molar-refractivity contribution in [3.8, 4) is 0 Å². The second-order valence-electron chi connectivity index (χ2n) is 4.00. The van der Waals surface area contributed by atoms with Gasteiger partial charge in [0.2, 0.25) is 0 Å². The number of carboxylic acids is 1. The fourth-order valence-electron chi connectivity index (χ4n) is 2.07. The van der Waals surface area contributed by atoms with Gasteiger partial charge >= 0.3 is 5.97 Å². The molecule has 1 aromatic carbocycles. The summed E-state index contributed by atoms with van der Waals surface area (Å²) in [7, 11) is 0. The fourth-order valence-corrected chi connectivity index (χ4v) is 2.43. The highest BCUT2D eigenvalue weighted by Crippen LogP contribution is 2.21. The molecule has 0 saturated carbocycles. The minimum atomic E-state index is -0.919. The summed E-state index contributed by atoms with van der Waals surface area (Å²) in [5, 5.41) is 9.18. The number of nitrogens with zero attached hydrogens (tertiary/aromatic N) is 2. The molecule has 0 unspecified atom stereocenters. The number of hydrogen-bond donors (Lipinski definition) is 1. The average Bonchev–Trinajstić information content (AvgIpc) is 2.73. The van der Waals surface area contributed by atoms with Crippen LogP contribution in [0.4, 0.5) is 0 Å². The summed E-state index contributed by atoms with van der Waals surface area (Å²) < 4.78 is 2.12. The molecule has 2 rings (SSSR count). The molecule has 0 atom stereocenters. The molecule has 0 radical (unpaired) electrons. The van der Waals surface area contributed by atoms with Gasteiger partial charge in [0.1, 0.15) is 11.3 Å². The summed E-state index contributed by atoms with van der Waals surface area (Å²) in [6.07, 6.45) is 2.87.